The largest absolute Gasteiger partial charge is 0.361 e. The van der Waals surface area contributed by atoms with Crippen LogP contribution in [0.2, 0.25) is 0 Å². The molecule has 8 heteroatoms. The van der Waals surface area contributed by atoms with E-state index in [4.69, 9.17) is 0 Å². The summed E-state index contributed by atoms with van der Waals surface area (Å²) in [6.45, 7) is 7.00. The molecule has 1 fully saturated rings. The number of piperazine rings is 1. The molecule has 0 radical (unpaired) electrons. The van der Waals surface area contributed by atoms with Gasteiger partial charge in [0.25, 0.3) is 0 Å². The highest BCUT2D eigenvalue weighted by atomic mass is 127. The third-order valence-electron chi connectivity index (χ3n) is 6.12. The number of H-pyrrole nitrogens is 1. The standard InChI is InChI=1S/C25H33FN6.HI/c1-27-25(28-10-9-21-17-29-24-8-7-22(26)15-23(21)24)30-16-19-3-5-20(6-4-19)18-32-13-11-31(2)12-14-32;/h3-8,15,17,29H,9-14,16,18H2,1-2H3,(H2,27,28,30);1H. The summed E-state index contributed by atoms with van der Waals surface area (Å²) < 4.78 is 13.6. The minimum absolute atomic E-state index is 0. The van der Waals surface area contributed by atoms with Gasteiger partial charge in [-0.05, 0) is 48.4 Å². The van der Waals surface area contributed by atoms with Crippen LogP contribution in [0.1, 0.15) is 16.7 Å². The summed E-state index contributed by atoms with van der Waals surface area (Å²) in [5.74, 6) is 0.552. The second-order valence-corrected chi connectivity index (χ2v) is 8.50. The number of halogens is 2. The molecule has 0 spiro atoms. The number of aromatic nitrogens is 1. The van der Waals surface area contributed by atoms with E-state index in [-0.39, 0.29) is 29.8 Å². The highest BCUT2D eigenvalue weighted by molar-refractivity contribution is 14.0. The Labute approximate surface area is 212 Å². The molecule has 1 aromatic heterocycles. The summed E-state index contributed by atoms with van der Waals surface area (Å²) in [7, 11) is 3.96. The lowest BCUT2D eigenvalue weighted by molar-refractivity contribution is 0.148. The van der Waals surface area contributed by atoms with Crippen molar-refractivity contribution >= 4 is 40.8 Å². The fraction of sp³-hybridized carbons (Fsp3) is 0.400. The van der Waals surface area contributed by atoms with Crippen LogP contribution >= 0.6 is 24.0 Å². The van der Waals surface area contributed by atoms with Crippen molar-refractivity contribution in [3.63, 3.8) is 0 Å². The first-order valence-electron chi connectivity index (χ1n) is 11.3. The van der Waals surface area contributed by atoms with Crippen molar-refractivity contribution in [2.45, 2.75) is 19.5 Å². The van der Waals surface area contributed by atoms with Gasteiger partial charge >= 0.3 is 0 Å². The molecule has 0 unspecified atom stereocenters. The second kappa shape index (κ2) is 12.3. The molecule has 1 saturated heterocycles. The Hall–Kier alpha value is -2.17. The van der Waals surface area contributed by atoms with Crippen LogP contribution in [0.3, 0.4) is 0 Å². The molecule has 1 aliphatic rings. The predicted octanol–water partition coefficient (Wildman–Crippen LogP) is 3.58. The Balaban J connectivity index is 0.00000306. The molecule has 1 aliphatic heterocycles. The first-order valence-corrected chi connectivity index (χ1v) is 11.3. The molecule has 178 valence electrons. The van der Waals surface area contributed by atoms with Crippen LogP contribution in [0.4, 0.5) is 4.39 Å². The Morgan fingerprint density at radius 1 is 1.03 bits per heavy atom. The van der Waals surface area contributed by atoms with Crippen LogP contribution in [0.5, 0.6) is 0 Å². The van der Waals surface area contributed by atoms with Gasteiger partial charge in [-0.1, -0.05) is 24.3 Å². The first kappa shape index (κ1) is 25.5. The first-order chi connectivity index (χ1) is 15.6. The maximum absolute atomic E-state index is 13.6. The highest BCUT2D eigenvalue weighted by Crippen LogP contribution is 2.19. The molecule has 6 nitrogen and oxygen atoms in total. The molecule has 0 atom stereocenters. The van der Waals surface area contributed by atoms with Crippen molar-refractivity contribution < 1.29 is 4.39 Å². The van der Waals surface area contributed by atoms with E-state index >= 15 is 0 Å². The molecule has 0 saturated carbocycles. The summed E-state index contributed by atoms with van der Waals surface area (Å²) >= 11 is 0. The lowest BCUT2D eigenvalue weighted by Crippen LogP contribution is -2.43. The van der Waals surface area contributed by atoms with Gasteiger partial charge in [0.05, 0.1) is 0 Å². The van der Waals surface area contributed by atoms with E-state index < -0.39 is 0 Å². The topological polar surface area (TPSA) is 58.7 Å². The van der Waals surface area contributed by atoms with Gasteiger partial charge in [-0.2, -0.15) is 0 Å². The van der Waals surface area contributed by atoms with E-state index in [2.05, 4.69) is 61.7 Å². The molecule has 4 rings (SSSR count). The van der Waals surface area contributed by atoms with Crippen molar-refractivity contribution in [2.24, 2.45) is 4.99 Å². The van der Waals surface area contributed by atoms with Crippen LogP contribution in [0, 0.1) is 5.82 Å². The van der Waals surface area contributed by atoms with E-state index in [0.29, 0.717) is 13.1 Å². The molecular formula is C25H34FIN6. The molecule has 0 bridgehead atoms. The number of guanidine groups is 1. The number of aliphatic imine (C=N–C) groups is 1. The third-order valence-corrected chi connectivity index (χ3v) is 6.12. The zero-order valence-electron chi connectivity index (χ0n) is 19.4. The lowest BCUT2D eigenvalue weighted by Gasteiger charge is -2.32. The summed E-state index contributed by atoms with van der Waals surface area (Å²) in [6, 6.07) is 13.7. The smallest absolute Gasteiger partial charge is 0.191 e. The van der Waals surface area contributed by atoms with Gasteiger partial charge in [0.2, 0.25) is 0 Å². The number of benzene rings is 2. The number of rotatable bonds is 7. The predicted molar refractivity (Wildman–Crippen MR) is 145 cm³/mol. The van der Waals surface area contributed by atoms with Crippen LogP contribution in [0.25, 0.3) is 10.9 Å². The molecule has 33 heavy (non-hydrogen) atoms. The van der Waals surface area contributed by atoms with E-state index in [1.807, 2.05) is 6.20 Å². The fourth-order valence-corrected chi connectivity index (χ4v) is 4.11. The minimum atomic E-state index is -0.210. The number of hydrogen-bond donors (Lipinski definition) is 3. The van der Waals surface area contributed by atoms with Crippen molar-refractivity contribution in [1.82, 2.24) is 25.4 Å². The van der Waals surface area contributed by atoms with Gasteiger partial charge in [0.15, 0.2) is 5.96 Å². The molecule has 0 aliphatic carbocycles. The normalized spacial score (nSPS) is 15.4. The average molecular weight is 564 g/mol. The number of nitrogens with zero attached hydrogens (tertiary/aromatic N) is 3. The average Bonchev–Trinajstić information content (AvgIpc) is 3.20. The molecule has 3 aromatic rings. The maximum Gasteiger partial charge on any atom is 0.191 e. The van der Waals surface area contributed by atoms with Crippen LogP contribution in [-0.4, -0.2) is 67.6 Å². The fourth-order valence-electron chi connectivity index (χ4n) is 4.11. The number of likely N-dealkylation sites (N-methyl/N-ethyl adjacent to an activating group) is 1. The SMILES string of the molecule is CN=C(NCCc1c[nH]c2ccc(F)cc12)NCc1ccc(CN2CCN(C)CC2)cc1.I. The molecule has 2 aromatic carbocycles. The highest BCUT2D eigenvalue weighted by Gasteiger charge is 2.13. The Bertz CT molecular complexity index is 1040. The quantitative estimate of drug-likeness (QED) is 0.234. The van der Waals surface area contributed by atoms with Crippen LogP contribution < -0.4 is 10.6 Å². The summed E-state index contributed by atoms with van der Waals surface area (Å²) in [5.41, 5.74) is 4.64. The Morgan fingerprint density at radius 3 is 2.48 bits per heavy atom. The van der Waals surface area contributed by atoms with Gasteiger partial charge in [-0.3, -0.25) is 9.89 Å². The number of aromatic amines is 1. The number of nitrogens with one attached hydrogen (secondary N) is 3. The summed E-state index contributed by atoms with van der Waals surface area (Å²) in [5, 5.41) is 7.66. The van der Waals surface area contributed by atoms with Gasteiger partial charge < -0.3 is 20.5 Å². The molecule has 3 N–H and O–H groups in total. The van der Waals surface area contributed by atoms with Crippen molar-refractivity contribution in [1.29, 1.82) is 0 Å². The Morgan fingerprint density at radius 2 is 1.76 bits per heavy atom. The molecular weight excluding hydrogens is 530 g/mol. The maximum atomic E-state index is 13.6. The number of fused-ring (bicyclic) bond motifs is 1. The van der Waals surface area contributed by atoms with Gasteiger partial charge in [-0.15, -0.1) is 24.0 Å². The van der Waals surface area contributed by atoms with E-state index in [9.17, 15) is 4.39 Å². The van der Waals surface area contributed by atoms with E-state index in [0.717, 1.165) is 61.6 Å². The zero-order valence-corrected chi connectivity index (χ0v) is 21.7. The molecule has 0 amide bonds. The zero-order chi connectivity index (χ0) is 22.3. The third kappa shape index (κ3) is 7.15. The Kier molecular flexibility index (Phi) is 9.52. The second-order valence-electron chi connectivity index (χ2n) is 8.50. The van der Waals surface area contributed by atoms with Gasteiger partial charge in [0, 0.05) is 70.0 Å². The van der Waals surface area contributed by atoms with E-state index in [1.165, 1.54) is 17.2 Å². The molecule has 2 heterocycles. The van der Waals surface area contributed by atoms with E-state index in [1.54, 1.807) is 19.2 Å². The summed E-state index contributed by atoms with van der Waals surface area (Å²) in [4.78, 5) is 12.4. The monoisotopic (exact) mass is 564 g/mol. The number of hydrogen-bond acceptors (Lipinski definition) is 3. The van der Waals surface area contributed by atoms with Gasteiger partial charge in [-0.25, -0.2) is 4.39 Å². The van der Waals surface area contributed by atoms with Crippen molar-refractivity contribution in [3.8, 4) is 0 Å². The van der Waals surface area contributed by atoms with Crippen molar-refractivity contribution in [3.05, 3.63) is 71.2 Å². The lowest BCUT2D eigenvalue weighted by atomic mass is 10.1. The van der Waals surface area contributed by atoms with Gasteiger partial charge in [0.1, 0.15) is 5.82 Å². The van der Waals surface area contributed by atoms with Crippen LogP contribution in [-0.2, 0) is 19.5 Å². The minimum Gasteiger partial charge on any atom is -0.361 e. The van der Waals surface area contributed by atoms with Crippen molar-refractivity contribution in [2.75, 3.05) is 46.8 Å². The summed E-state index contributed by atoms with van der Waals surface area (Å²) in [6.07, 6.45) is 2.73. The van der Waals surface area contributed by atoms with Crippen LogP contribution in [0.15, 0.2) is 53.7 Å².